The molecule has 1 aromatic heterocycles. The van der Waals surface area contributed by atoms with Gasteiger partial charge >= 0.3 is 6.03 Å². The Labute approximate surface area is 174 Å². The Hall–Kier alpha value is -3.39. The molecule has 1 aliphatic heterocycles. The van der Waals surface area contributed by atoms with E-state index in [4.69, 9.17) is 4.74 Å². The van der Waals surface area contributed by atoms with Crippen LogP contribution in [0.15, 0.2) is 54.7 Å². The Balaban J connectivity index is 1.55. The van der Waals surface area contributed by atoms with Gasteiger partial charge in [-0.15, -0.1) is 0 Å². The maximum Gasteiger partial charge on any atom is 0.317 e. The number of aromatic nitrogens is 2. The summed E-state index contributed by atoms with van der Waals surface area (Å²) in [5, 5.41) is 10.8. The first-order chi connectivity index (χ1) is 14.7. The number of ether oxygens (including phenoxy) is 1. The molecule has 0 spiro atoms. The topological polar surface area (TPSA) is 71.4 Å². The van der Waals surface area contributed by atoms with Gasteiger partial charge in [-0.3, -0.25) is 0 Å². The molecule has 2 amide bonds. The number of para-hydroxylation sites is 1. The van der Waals surface area contributed by atoms with E-state index in [1.165, 1.54) is 6.07 Å². The lowest BCUT2D eigenvalue weighted by Crippen LogP contribution is -2.34. The van der Waals surface area contributed by atoms with Crippen LogP contribution in [0.4, 0.5) is 9.18 Å². The second kappa shape index (κ2) is 8.96. The fourth-order valence-corrected chi connectivity index (χ4v) is 3.45. The minimum Gasteiger partial charge on any atom is -0.497 e. The van der Waals surface area contributed by atoms with Crippen LogP contribution in [-0.2, 0) is 6.54 Å². The third kappa shape index (κ3) is 4.28. The number of amides is 2. The molecule has 0 unspecified atom stereocenters. The zero-order chi connectivity index (χ0) is 20.9. The highest BCUT2D eigenvalue weighted by Crippen LogP contribution is 2.26. The summed E-state index contributed by atoms with van der Waals surface area (Å²) in [4.78, 5) is 13.4. The van der Waals surface area contributed by atoms with Crippen LogP contribution in [0.5, 0.6) is 5.75 Å². The first kappa shape index (κ1) is 19.9. The van der Waals surface area contributed by atoms with E-state index in [-0.39, 0.29) is 11.8 Å². The molecule has 1 saturated heterocycles. The van der Waals surface area contributed by atoms with Crippen molar-refractivity contribution in [1.29, 1.82) is 0 Å². The lowest BCUT2D eigenvalue weighted by atomic mass is 10.1. The summed E-state index contributed by atoms with van der Waals surface area (Å²) < 4.78 is 21.1. The number of hydrogen-bond acceptors (Lipinski definition) is 4. The maximum absolute atomic E-state index is 14.3. The highest BCUT2D eigenvalue weighted by molar-refractivity contribution is 5.76. The van der Waals surface area contributed by atoms with Gasteiger partial charge in [0.2, 0.25) is 0 Å². The predicted molar refractivity (Wildman–Crippen MR) is 112 cm³/mol. The van der Waals surface area contributed by atoms with Crippen molar-refractivity contribution < 1.29 is 13.9 Å². The molecule has 0 aliphatic carbocycles. The van der Waals surface area contributed by atoms with Crippen LogP contribution in [0.3, 0.4) is 0 Å². The fraction of sp³-hybridized carbons (Fsp3) is 0.273. The number of urea groups is 1. The first-order valence-electron chi connectivity index (χ1n) is 9.87. The molecule has 7 nitrogen and oxygen atoms in total. The number of carbonyl (C=O) groups is 1. The van der Waals surface area contributed by atoms with Gasteiger partial charge in [0.25, 0.3) is 0 Å². The van der Waals surface area contributed by atoms with Crippen LogP contribution in [0.1, 0.15) is 5.56 Å². The van der Waals surface area contributed by atoms with E-state index >= 15 is 0 Å². The van der Waals surface area contributed by atoms with Gasteiger partial charge in [0.05, 0.1) is 12.8 Å². The largest absolute Gasteiger partial charge is 0.497 e. The summed E-state index contributed by atoms with van der Waals surface area (Å²) in [5.74, 6) is 0.427. The molecule has 0 saturated carbocycles. The molecule has 156 valence electrons. The van der Waals surface area contributed by atoms with Gasteiger partial charge < -0.3 is 20.3 Å². The van der Waals surface area contributed by atoms with E-state index in [1.807, 2.05) is 30.5 Å². The average Bonchev–Trinajstić information content (AvgIpc) is 3.38. The number of nitrogens with one attached hydrogen (secondary N) is 2. The van der Waals surface area contributed by atoms with Gasteiger partial charge in [0.15, 0.2) is 0 Å². The zero-order valence-electron chi connectivity index (χ0n) is 16.8. The smallest absolute Gasteiger partial charge is 0.317 e. The van der Waals surface area contributed by atoms with Crippen LogP contribution in [0.25, 0.3) is 16.9 Å². The van der Waals surface area contributed by atoms with Crippen molar-refractivity contribution >= 4 is 6.03 Å². The second-order valence-corrected chi connectivity index (χ2v) is 7.02. The van der Waals surface area contributed by atoms with Crippen molar-refractivity contribution in [3.05, 3.63) is 66.1 Å². The number of hydrogen-bond donors (Lipinski definition) is 2. The Morgan fingerprint density at radius 2 is 2.00 bits per heavy atom. The first-order valence-corrected chi connectivity index (χ1v) is 9.87. The van der Waals surface area contributed by atoms with Gasteiger partial charge in [-0.1, -0.05) is 12.1 Å². The van der Waals surface area contributed by atoms with Gasteiger partial charge in [-0.25, -0.2) is 13.9 Å². The average molecular weight is 409 g/mol. The fourth-order valence-electron chi connectivity index (χ4n) is 3.45. The lowest BCUT2D eigenvalue weighted by Gasteiger charge is -2.14. The minimum atomic E-state index is -0.333. The highest BCUT2D eigenvalue weighted by Gasteiger charge is 2.19. The van der Waals surface area contributed by atoms with Gasteiger partial charge in [0, 0.05) is 50.0 Å². The van der Waals surface area contributed by atoms with Crippen LogP contribution >= 0.6 is 0 Å². The maximum atomic E-state index is 14.3. The van der Waals surface area contributed by atoms with E-state index in [9.17, 15) is 9.18 Å². The standard InChI is InChI=1S/C22H24FN5O2/c1-30-18-8-6-16(7-9-18)21-17(14-24-10-12-27-13-11-25-22(27)29)15-28(26-21)20-5-3-2-4-19(20)23/h2-9,15,24H,10-14H2,1H3,(H,25,29). The normalized spacial score (nSPS) is 13.5. The molecule has 1 fully saturated rings. The number of nitrogens with zero attached hydrogens (tertiary/aromatic N) is 3. The highest BCUT2D eigenvalue weighted by atomic mass is 19.1. The van der Waals surface area contributed by atoms with Gasteiger partial charge in [0.1, 0.15) is 17.3 Å². The summed E-state index contributed by atoms with van der Waals surface area (Å²) in [6, 6.07) is 14.2. The summed E-state index contributed by atoms with van der Waals surface area (Å²) in [5.41, 5.74) is 3.02. The molecule has 2 aromatic carbocycles. The zero-order valence-corrected chi connectivity index (χ0v) is 16.8. The van der Waals surface area contributed by atoms with Crippen molar-refractivity contribution in [1.82, 2.24) is 25.3 Å². The molecular formula is C22H24FN5O2. The van der Waals surface area contributed by atoms with E-state index < -0.39 is 0 Å². The SMILES string of the molecule is COc1ccc(-c2nn(-c3ccccc3F)cc2CNCCN2CCNC2=O)cc1. The molecule has 30 heavy (non-hydrogen) atoms. The predicted octanol–water partition coefficient (Wildman–Crippen LogP) is 2.80. The molecular weight excluding hydrogens is 385 g/mol. The number of carbonyl (C=O) groups excluding carboxylic acids is 1. The van der Waals surface area contributed by atoms with E-state index in [0.717, 1.165) is 29.1 Å². The molecule has 0 radical (unpaired) electrons. The Bertz CT molecular complexity index is 1020. The van der Waals surface area contributed by atoms with Crippen LogP contribution in [0.2, 0.25) is 0 Å². The Kier molecular flexibility index (Phi) is 5.94. The van der Waals surface area contributed by atoms with Gasteiger partial charge in [-0.05, 0) is 36.4 Å². The van der Waals surface area contributed by atoms with E-state index in [0.29, 0.717) is 31.9 Å². The van der Waals surface area contributed by atoms with Crippen molar-refractivity contribution in [3.8, 4) is 22.7 Å². The summed E-state index contributed by atoms with van der Waals surface area (Å²) >= 11 is 0. The summed E-state index contributed by atoms with van der Waals surface area (Å²) in [7, 11) is 1.62. The van der Waals surface area contributed by atoms with E-state index in [2.05, 4.69) is 15.7 Å². The molecule has 3 aromatic rings. The second-order valence-electron chi connectivity index (χ2n) is 7.02. The quantitative estimate of drug-likeness (QED) is 0.562. The van der Waals surface area contributed by atoms with Crippen LogP contribution in [-0.4, -0.2) is 54.0 Å². The third-order valence-electron chi connectivity index (χ3n) is 5.07. The minimum absolute atomic E-state index is 0.0249. The number of methoxy groups -OCH3 is 1. The Morgan fingerprint density at radius 3 is 2.70 bits per heavy atom. The molecule has 4 rings (SSSR count). The van der Waals surface area contributed by atoms with Crippen molar-refractivity contribution in [2.45, 2.75) is 6.54 Å². The number of halogens is 1. The summed E-state index contributed by atoms with van der Waals surface area (Å²) in [6.45, 7) is 3.25. The lowest BCUT2D eigenvalue weighted by molar-refractivity contribution is 0.217. The van der Waals surface area contributed by atoms with Crippen LogP contribution in [0, 0.1) is 5.82 Å². The Morgan fingerprint density at radius 1 is 1.20 bits per heavy atom. The van der Waals surface area contributed by atoms with Crippen molar-refractivity contribution in [2.24, 2.45) is 0 Å². The third-order valence-corrected chi connectivity index (χ3v) is 5.07. The molecule has 1 aliphatic rings. The van der Waals surface area contributed by atoms with E-state index in [1.54, 1.807) is 34.9 Å². The monoisotopic (exact) mass is 409 g/mol. The molecule has 0 atom stereocenters. The van der Waals surface area contributed by atoms with Crippen molar-refractivity contribution in [2.75, 3.05) is 33.3 Å². The summed E-state index contributed by atoms with van der Waals surface area (Å²) in [6.07, 6.45) is 1.84. The molecule has 0 bridgehead atoms. The number of benzene rings is 2. The molecule has 2 N–H and O–H groups in total. The molecule has 8 heteroatoms. The number of rotatable bonds is 8. The van der Waals surface area contributed by atoms with Crippen LogP contribution < -0.4 is 15.4 Å². The van der Waals surface area contributed by atoms with Crippen molar-refractivity contribution in [3.63, 3.8) is 0 Å². The molecule has 2 heterocycles. The van der Waals surface area contributed by atoms with Gasteiger partial charge in [-0.2, -0.15) is 5.10 Å².